The Hall–Kier alpha value is -2.86. The van der Waals surface area contributed by atoms with E-state index in [1.54, 1.807) is 7.11 Å². The van der Waals surface area contributed by atoms with Crippen LogP contribution in [0, 0.1) is 0 Å². The third-order valence-corrected chi connectivity index (χ3v) is 4.36. The molecule has 148 valence electrons. The Morgan fingerprint density at radius 2 is 1.89 bits per heavy atom. The van der Waals surface area contributed by atoms with E-state index in [0.717, 1.165) is 29.0 Å². The van der Waals surface area contributed by atoms with Crippen molar-refractivity contribution < 1.29 is 14.0 Å². The van der Waals surface area contributed by atoms with Crippen molar-refractivity contribution in [1.82, 2.24) is 15.5 Å². The van der Waals surface area contributed by atoms with Crippen molar-refractivity contribution in [3.05, 3.63) is 71.4 Å². The summed E-state index contributed by atoms with van der Waals surface area (Å²) in [7, 11) is 1.65. The molecule has 1 N–H and O–H groups in total. The molecule has 6 heteroatoms. The quantitative estimate of drug-likeness (QED) is 0.564. The Labute approximate surface area is 165 Å². The van der Waals surface area contributed by atoms with Crippen LogP contribution in [0.25, 0.3) is 0 Å². The first kappa shape index (κ1) is 19.9. The number of aromatic nitrogens is 2. The van der Waals surface area contributed by atoms with Crippen LogP contribution in [0.2, 0.25) is 0 Å². The van der Waals surface area contributed by atoms with Crippen LogP contribution in [-0.2, 0) is 13.0 Å². The Balaban J connectivity index is 1.57. The van der Waals surface area contributed by atoms with E-state index < -0.39 is 0 Å². The smallest absolute Gasteiger partial charge is 0.243 e. The summed E-state index contributed by atoms with van der Waals surface area (Å²) in [6.07, 6.45) is 1.62. The van der Waals surface area contributed by atoms with Crippen molar-refractivity contribution >= 4 is 0 Å². The topological polar surface area (TPSA) is 69.4 Å². The number of ether oxygens (including phenoxy) is 2. The summed E-state index contributed by atoms with van der Waals surface area (Å²) in [4.78, 5) is 4.51. The summed E-state index contributed by atoms with van der Waals surface area (Å²) >= 11 is 0. The molecule has 2 aromatic carbocycles. The van der Waals surface area contributed by atoms with Crippen LogP contribution < -0.4 is 14.8 Å². The van der Waals surface area contributed by atoms with E-state index in [9.17, 15) is 0 Å². The van der Waals surface area contributed by atoms with Crippen molar-refractivity contribution in [2.75, 3.05) is 13.7 Å². The second-order valence-electron chi connectivity index (χ2n) is 6.65. The van der Waals surface area contributed by atoms with Crippen LogP contribution >= 0.6 is 0 Å². The largest absolute Gasteiger partial charge is 0.493 e. The molecule has 3 rings (SSSR count). The molecule has 1 atom stereocenters. The van der Waals surface area contributed by atoms with Crippen molar-refractivity contribution in [3.63, 3.8) is 0 Å². The zero-order chi connectivity index (χ0) is 19.8. The van der Waals surface area contributed by atoms with Gasteiger partial charge in [0, 0.05) is 13.0 Å². The molecular formula is C22H27N3O3. The van der Waals surface area contributed by atoms with Gasteiger partial charge in [-0.25, -0.2) is 0 Å². The summed E-state index contributed by atoms with van der Waals surface area (Å²) in [5, 5.41) is 7.51. The highest BCUT2D eigenvalue weighted by molar-refractivity contribution is 5.43. The van der Waals surface area contributed by atoms with Gasteiger partial charge in [-0.05, 0) is 36.6 Å². The van der Waals surface area contributed by atoms with Gasteiger partial charge >= 0.3 is 0 Å². The molecule has 0 radical (unpaired) electrons. The lowest BCUT2D eigenvalue weighted by Gasteiger charge is -2.13. The van der Waals surface area contributed by atoms with Crippen molar-refractivity contribution in [2.24, 2.45) is 0 Å². The summed E-state index contributed by atoms with van der Waals surface area (Å²) in [5.41, 5.74) is 2.25. The molecule has 0 bridgehead atoms. The maximum absolute atomic E-state index is 5.70. The first-order valence-corrected chi connectivity index (χ1v) is 9.59. The number of nitrogens with one attached hydrogen (secondary N) is 1. The molecular weight excluding hydrogens is 354 g/mol. The molecule has 1 heterocycles. The maximum Gasteiger partial charge on any atom is 0.243 e. The normalized spacial score (nSPS) is 12.0. The number of methoxy groups -OCH3 is 1. The van der Waals surface area contributed by atoms with E-state index in [2.05, 4.69) is 34.5 Å². The standard InChI is InChI=1S/C22H27N3O3/c1-4-12-27-19-11-10-18(13-20(19)26-3)15-23-16(2)22-24-21(25-28-22)14-17-8-6-5-7-9-17/h5-11,13,16,23H,4,12,14-15H2,1-3H3. The predicted molar refractivity (Wildman–Crippen MR) is 108 cm³/mol. The first-order chi connectivity index (χ1) is 13.7. The molecule has 0 amide bonds. The third-order valence-electron chi connectivity index (χ3n) is 4.36. The van der Waals surface area contributed by atoms with Crippen LogP contribution in [-0.4, -0.2) is 23.9 Å². The molecule has 0 fully saturated rings. The average Bonchev–Trinajstić information content (AvgIpc) is 3.20. The Morgan fingerprint density at radius 3 is 2.64 bits per heavy atom. The van der Waals surface area contributed by atoms with Crippen LogP contribution in [0.15, 0.2) is 53.1 Å². The number of hydrogen-bond acceptors (Lipinski definition) is 6. The minimum absolute atomic E-state index is 0.0564. The minimum atomic E-state index is -0.0564. The average molecular weight is 381 g/mol. The van der Waals surface area contributed by atoms with Crippen LogP contribution in [0.3, 0.4) is 0 Å². The molecule has 0 spiro atoms. The first-order valence-electron chi connectivity index (χ1n) is 9.59. The predicted octanol–water partition coefficient (Wildman–Crippen LogP) is 4.31. The SMILES string of the molecule is CCCOc1ccc(CNC(C)c2nc(Cc3ccccc3)no2)cc1OC. The van der Waals surface area contributed by atoms with Crippen molar-refractivity contribution in [1.29, 1.82) is 0 Å². The van der Waals surface area contributed by atoms with Crippen molar-refractivity contribution in [3.8, 4) is 11.5 Å². The fourth-order valence-electron chi connectivity index (χ4n) is 2.81. The highest BCUT2D eigenvalue weighted by Gasteiger charge is 2.15. The number of benzene rings is 2. The zero-order valence-corrected chi connectivity index (χ0v) is 16.6. The van der Waals surface area contributed by atoms with Gasteiger partial charge in [-0.3, -0.25) is 0 Å². The molecule has 1 aromatic heterocycles. The van der Waals surface area contributed by atoms with Gasteiger partial charge in [-0.1, -0.05) is 48.5 Å². The lowest BCUT2D eigenvalue weighted by molar-refractivity contribution is 0.294. The highest BCUT2D eigenvalue weighted by atomic mass is 16.5. The minimum Gasteiger partial charge on any atom is -0.493 e. The Bertz CT molecular complexity index is 864. The molecule has 0 aliphatic carbocycles. The van der Waals surface area contributed by atoms with Crippen molar-refractivity contribution in [2.45, 2.75) is 39.3 Å². The van der Waals surface area contributed by atoms with Crippen LogP contribution in [0.1, 0.15) is 49.2 Å². The summed E-state index contributed by atoms with van der Waals surface area (Å²) in [5.74, 6) is 2.78. The summed E-state index contributed by atoms with van der Waals surface area (Å²) in [6.45, 7) is 5.42. The molecule has 0 aliphatic heterocycles. The van der Waals surface area contributed by atoms with Gasteiger partial charge in [0.1, 0.15) is 0 Å². The van der Waals surface area contributed by atoms with Gasteiger partial charge < -0.3 is 19.3 Å². The number of hydrogen-bond donors (Lipinski definition) is 1. The van der Waals surface area contributed by atoms with Gasteiger partial charge in [0.05, 0.1) is 19.8 Å². The molecule has 3 aromatic rings. The van der Waals surface area contributed by atoms with Gasteiger partial charge in [0.15, 0.2) is 17.3 Å². The molecule has 1 unspecified atom stereocenters. The molecule has 28 heavy (non-hydrogen) atoms. The van der Waals surface area contributed by atoms with E-state index in [1.807, 2.05) is 43.3 Å². The molecule has 0 saturated heterocycles. The van der Waals surface area contributed by atoms with Gasteiger partial charge in [0.25, 0.3) is 0 Å². The van der Waals surface area contributed by atoms with E-state index in [0.29, 0.717) is 31.3 Å². The van der Waals surface area contributed by atoms with E-state index in [1.165, 1.54) is 0 Å². The van der Waals surface area contributed by atoms with E-state index in [4.69, 9.17) is 14.0 Å². The lowest BCUT2D eigenvalue weighted by Crippen LogP contribution is -2.18. The van der Waals surface area contributed by atoms with Gasteiger partial charge in [0.2, 0.25) is 5.89 Å². The summed E-state index contributed by atoms with van der Waals surface area (Å²) in [6, 6.07) is 16.0. The van der Waals surface area contributed by atoms with E-state index in [-0.39, 0.29) is 6.04 Å². The number of rotatable bonds is 10. The number of nitrogens with zero attached hydrogens (tertiary/aromatic N) is 2. The second kappa shape index (κ2) is 9.90. The fraction of sp³-hybridized carbons (Fsp3) is 0.364. The maximum atomic E-state index is 5.70. The Kier molecular flexibility index (Phi) is 7.03. The fourth-order valence-corrected chi connectivity index (χ4v) is 2.81. The van der Waals surface area contributed by atoms with E-state index >= 15 is 0 Å². The second-order valence-corrected chi connectivity index (χ2v) is 6.65. The highest BCUT2D eigenvalue weighted by Crippen LogP contribution is 2.28. The van der Waals surface area contributed by atoms with Gasteiger partial charge in [-0.2, -0.15) is 4.98 Å². The van der Waals surface area contributed by atoms with Gasteiger partial charge in [-0.15, -0.1) is 0 Å². The molecule has 6 nitrogen and oxygen atoms in total. The molecule has 0 aliphatic rings. The zero-order valence-electron chi connectivity index (χ0n) is 16.6. The molecule has 0 saturated carbocycles. The summed E-state index contributed by atoms with van der Waals surface area (Å²) < 4.78 is 16.6. The third kappa shape index (κ3) is 5.33. The van der Waals surface area contributed by atoms with Crippen LogP contribution in [0.5, 0.6) is 11.5 Å². The lowest BCUT2D eigenvalue weighted by atomic mass is 10.1. The monoisotopic (exact) mass is 381 g/mol. The Morgan fingerprint density at radius 1 is 1.07 bits per heavy atom. The van der Waals surface area contributed by atoms with Crippen LogP contribution in [0.4, 0.5) is 0 Å².